The Bertz CT molecular complexity index is 936. The molecule has 0 saturated carbocycles. The Morgan fingerprint density at radius 3 is 0.635 bits per heavy atom. The molecule has 0 fully saturated rings. The summed E-state index contributed by atoms with van der Waals surface area (Å²) in [4.78, 5) is 37.6. The van der Waals surface area contributed by atoms with Gasteiger partial charge in [-0.15, -0.1) is 0 Å². The van der Waals surface area contributed by atoms with Gasteiger partial charge in [-0.25, -0.2) is 0 Å². The van der Waals surface area contributed by atoms with E-state index in [2.05, 4.69) is 20.8 Å². The lowest BCUT2D eigenvalue weighted by molar-refractivity contribution is -0.167. The fourth-order valence-electron chi connectivity index (χ4n) is 8.80. The van der Waals surface area contributed by atoms with Crippen LogP contribution in [0, 0.1) is 0 Å². The second kappa shape index (κ2) is 53.0. The molecule has 0 saturated heterocycles. The highest BCUT2D eigenvalue weighted by molar-refractivity contribution is 5.71. The van der Waals surface area contributed by atoms with Gasteiger partial charge in [0.05, 0.1) is 0 Å². The lowest BCUT2D eigenvalue weighted by Gasteiger charge is -2.18. The summed E-state index contributed by atoms with van der Waals surface area (Å²) in [6.45, 7) is 6.61. The highest BCUT2D eigenvalue weighted by Gasteiger charge is 2.19. The number of hydrogen-bond donors (Lipinski definition) is 0. The zero-order valence-corrected chi connectivity index (χ0v) is 42.9. The van der Waals surface area contributed by atoms with Crippen LogP contribution in [-0.2, 0) is 28.6 Å². The summed E-state index contributed by atoms with van der Waals surface area (Å²) in [5, 5.41) is 0. The van der Waals surface area contributed by atoms with E-state index >= 15 is 0 Å². The van der Waals surface area contributed by atoms with Crippen LogP contribution in [0.2, 0.25) is 0 Å². The van der Waals surface area contributed by atoms with Crippen molar-refractivity contribution in [3.05, 3.63) is 0 Å². The molecule has 6 nitrogen and oxygen atoms in total. The highest BCUT2D eigenvalue weighted by atomic mass is 16.6. The van der Waals surface area contributed by atoms with Gasteiger partial charge in [0.1, 0.15) is 13.2 Å². The number of carbonyl (C=O) groups is 3. The molecule has 0 rings (SSSR count). The summed E-state index contributed by atoms with van der Waals surface area (Å²) in [6.07, 6.45) is 58.8. The van der Waals surface area contributed by atoms with E-state index in [4.69, 9.17) is 14.2 Å². The van der Waals surface area contributed by atoms with Crippen LogP contribution in [0.4, 0.5) is 0 Å². The third-order valence-corrected chi connectivity index (χ3v) is 13.1. The molecule has 0 aliphatic rings. The second-order valence-electron chi connectivity index (χ2n) is 19.6. The molecule has 0 N–H and O–H groups in total. The van der Waals surface area contributed by atoms with Gasteiger partial charge in [0.15, 0.2) is 6.10 Å². The Kier molecular flexibility index (Phi) is 51.7. The average molecular weight is 892 g/mol. The van der Waals surface area contributed by atoms with E-state index < -0.39 is 6.10 Å². The molecule has 0 bridgehead atoms. The summed E-state index contributed by atoms with van der Waals surface area (Å²) in [5.41, 5.74) is 0. The van der Waals surface area contributed by atoms with E-state index in [1.165, 1.54) is 231 Å². The van der Waals surface area contributed by atoms with Crippen LogP contribution in [0.25, 0.3) is 0 Å². The molecule has 374 valence electrons. The van der Waals surface area contributed by atoms with Crippen molar-refractivity contribution in [1.82, 2.24) is 0 Å². The molecule has 63 heavy (non-hydrogen) atoms. The molecule has 0 spiro atoms. The molecule has 0 aromatic heterocycles. The molecule has 0 heterocycles. The number of ether oxygens (including phenoxy) is 3. The summed E-state index contributed by atoms with van der Waals surface area (Å²) in [5.74, 6) is -0.856. The minimum absolute atomic E-state index is 0.0632. The Morgan fingerprint density at radius 2 is 0.429 bits per heavy atom. The zero-order valence-electron chi connectivity index (χ0n) is 42.9. The first-order valence-corrected chi connectivity index (χ1v) is 28.5. The van der Waals surface area contributed by atoms with Gasteiger partial charge in [-0.05, 0) is 19.3 Å². The number of unbranched alkanes of at least 4 members (excludes halogenated alkanes) is 42. The van der Waals surface area contributed by atoms with Crippen molar-refractivity contribution in [2.75, 3.05) is 13.2 Å². The predicted molar refractivity (Wildman–Crippen MR) is 270 cm³/mol. The first-order chi connectivity index (χ1) is 31.0. The van der Waals surface area contributed by atoms with Crippen molar-refractivity contribution in [2.24, 2.45) is 0 Å². The molecular weight excluding hydrogens is 781 g/mol. The van der Waals surface area contributed by atoms with Crippen molar-refractivity contribution in [3.8, 4) is 0 Å². The van der Waals surface area contributed by atoms with E-state index in [0.717, 1.165) is 57.8 Å². The standard InChI is InChI=1S/C57H110O6/c1-4-7-10-13-16-18-19-20-21-22-23-24-25-26-27-28-29-30-31-32-33-34-35-36-37-38-39-42-44-47-50-56(59)62-53-54(52-61-55(58)49-46-43-40-15-12-9-6-3)63-57(60)51-48-45-41-17-14-11-8-5-2/h54H,4-53H2,1-3H3. The third-order valence-electron chi connectivity index (χ3n) is 13.1. The van der Waals surface area contributed by atoms with E-state index in [1.54, 1.807) is 0 Å². The lowest BCUT2D eigenvalue weighted by Crippen LogP contribution is -2.30. The van der Waals surface area contributed by atoms with E-state index in [-0.39, 0.29) is 31.1 Å². The van der Waals surface area contributed by atoms with Gasteiger partial charge < -0.3 is 14.2 Å². The summed E-state index contributed by atoms with van der Waals surface area (Å²) >= 11 is 0. The van der Waals surface area contributed by atoms with Crippen LogP contribution < -0.4 is 0 Å². The van der Waals surface area contributed by atoms with E-state index in [1.807, 2.05) is 0 Å². The molecular formula is C57H110O6. The molecule has 6 heteroatoms. The maximum absolute atomic E-state index is 12.6. The van der Waals surface area contributed by atoms with Gasteiger partial charge in [-0.3, -0.25) is 14.4 Å². The molecule has 0 aromatic carbocycles. The van der Waals surface area contributed by atoms with Crippen LogP contribution in [0.15, 0.2) is 0 Å². The smallest absolute Gasteiger partial charge is 0.306 e. The van der Waals surface area contributed by atoms with Crippen molar-refractivity contribution < 1.29 is 28.6 Å². The van der Waals surface area contributed by atoms with Gasteiger partial charge in [0.2, 0.25) is 0 Å². The number of carbonyl (C=O) groups excluding carboxylic acids is 3. The normalized spacial score (nSPS) is 11.9. The Labute approximate surface area is 393 Å². The number of esters is 3. The molecule has 0 radical (unpaired) electrons. The summed E-state index contributed by atoms with van der Waals surface area (Å²) in [6, 6.07) is 0. The highest BCUT2D eigenvalue weighted by Crippen LogP contribution is 2.18. The molecule has 0 aromatic rings. The van der Waals surface area contributed by atoms with Crippen LogP contribution in [-0.4, -0.2) is 37.2 Å². The second-order valence-corrected chi connectivity index (χ2v) is 19.6. The zero-order chi connectivity index (χ0) is 45.8. The lowest BCUT2D eigenvalue weighted by atomic mass is 10.0. The van der Waals surface area contributed by atoms with Gasteiger partial charge >= 0.3 is 17.9 Å². The van der Waals surface area contributed by atoms with Crippen molar-refractivity contribution in [3.63, 3.8) is 0 Å². The van der Waals surface area contributed by atoms with Gasteiger partial charge in [-0.1, -0.05) is 290 Å². The largest absolute Gasteiger partial charge is 0.462 e. The Morgan fingerprint density at radius 1 is 0.254 bits per heavy atom. The van der Waals surface area contributed by atoms with Crippen molar-refractivity contribution in [2.45, 2.75) is 335 Å². The first-order valence-electron chi connectivity index (χ1n) is 28.5. The quantitative estimate of drug-likeness (QED) is 0.0344. The first kappa shape index (κ1) is 61.4. The molecule has 1 unspecified atom stereocenters. The molecule has 1 atom stereocenters. The van der Waals surface area contributed by atoms with Crippen LogP contribution >= 0.6 is 0 Å². The molecule has 0 aliphatic carbocycles. The number of hydrogen-bond acceptors (Lipinski definition) is 6. The van der Waals surface area contributed by atoms with Crippen LogP contribution in [0.3, 0.4) is 0 Å². The fraction of sp³-hybridized carbons (Fsp3) is 0.947. The predicted octanol–water partition coefficient (Wildman–Crippen LogP) is 18.8. The minimum atomic E-state index is -0.757. The monoisotopic (exact) mass is 891 g/mol. The molecule has 0 aliphatic heterocycles. The van der Waals surface area contributed by atoms with Crippen LogP contribution in [0.5, 0.6) is 0 Å². The summed E-state index contributed by atoms with van der Waals surface area (Å²) < 4.78 is 16.7. The molecule has 0 amide bonds. The van der Waals surface area contributed by atoms with Crippen LogP contribution in [0.1, 0.15) is 329 Å². The Hall–Kier alpha value is -1.59. The topological polar surface area (TPSA) is 78.9 Å². The minimum Gasteiger partial charge on any atom is -0.462 e. The van der Waals surface area contributed by atoms with Gasteiger partial charge in [0.25, 0.3) is 0 Å². The summed E-state index contributed by atoms with van der Waals surface area (Å²) in [7, 11) is 0. The van der Waals surface area contributed by atoms with Crippen molar-refractivity contribution in [1.29, 1.82) is 0 Å². The van der Waals surface area contributed by atoms with E-state index in [9.17, 15) is 14.4 Å². The maximum Gasteiger partial charge on any atom is 0.306 e. The average Bonchev–Trinajstić information content (AvgIpc) is 3.28. The van der Waals surface area contributed by atoms with Crippen molar-refractivity contribution >= 4 is 17.9 Å². The number of rotatable bonds is 53. The maximum atomic E-state index is 12.6. The third kappa shape index (κ3) is 51.3. The Balaban J connectivity index is 3.84. The SMILES string of the molecule is CCCCCCCCCCCCCCCCCCCCCCCCCCCCCCCCC(=O)OCC(COC(=O)CCCCCCCCC)OC(=O)CCCCCCCCCC. The van der Waals surface area contributed by atoms with Gasteiger partial charge in [0, 0.05) is 19.3 Å². The van der Waals surface area contributed by atoms with E-state index in [0.29, 0.717) is 19.3 Å². The van der Waals surface area contributed by atoms with Gasteiger partial charge in [-0.2, -0.15) is 0 Å². The fourth-order valence-corrected chi connectivity index (χ4v) is 8.80.